The lowest BCUT2D eigenvalue weighted by molar-refractivity contribution is -0.137. The number of alkyl halides is 3. The molecular weight excluding hydrogens is 527 g/mol. The van der Waals surface area contributed by atoms with Gasteiger partial charge in [0.25, 0.3) is 5.91 Å². The molecule has 1 atom stereocenters. The van der Waals surface area contributed by atoms with Crippen molar-refractivity contribution < 1.29 is 22.8 Å². The molecule has 5 rings (SSSR count). The van der Waals surface area contributed by atoms with E-state index in [1.807, 2.05) is 54.6 Å². The van der Waals surface area contributed by atoms with E-state index in [2.05, 4.69) is 15.1 Å². The van der Waals surface area contributed by atoms with Crippen LogP contribution in [-0.4, -0.2) is 49.8 Å². The molecule has 8 heteroatoms. The molecule has 0 aromatic heterocycles. The number of rotatable bonds is 8. The van der Waals surface area contributed by atoms with Crippen molar-refractivity contribution in [2.45, 2.75) is 12.1 Å². The van der Waals surface area contributed by atoms with Crippen molar-refractivity contribution in [3.63, 3.8) is 0 Å². The highest BCUT2D eigenvalue weighted by atomic mass is 19.4. The molecule has 0 saturated carbocycles. The summed E-state index contributed by atoms with van der Waals surface area (Å²) in [7, 11) is 0. The van der Waals surface area contributed by atoms with E-state index in [9.17, 15) is 22.8 Å². The van der Waals surface area contributed by atoms with Gasteiger partial charge in [0.05, 0.1) is 11.5 Å². The summed E-state index contributed by atoms with van der Waals surface area (Å²) in [6, 6.07) is 29.1. The molecule has 0 bridgehead atoms. The molecule has 210 valence electrons. The first kappa shape index (κ1) is 28.1. The van der Waals surface area contributed by atoms with Crippen LogP contribution in [0.1, 0.15) is 27.4 Å². The molecule has 1 N–H and O–H groups in total. The van der Waals surface area contributed by atoms with E-state index in [4.69, 9.17) is 0 Å². The normalized spacial score (nSPS) is 14.9. The summed E-state index contributed by atoms with van der Waals surface area (Å²) in [5.41, 5.74) is 3.42. The van der Waals surface area contributed by atoms with Gasteiger partial charge in [-0.1, -0.05) is 60.7 Å². The van der Waals surface area contributed by atoms with Gasteiger partial charge in [-0.2, -0.15) is 13.2 Å². The minimum atomic E-state index is -4.42. The van der Waals surface area contributed by atoms with Crippen LogP contribution >= 0.6 is 0 Å². The number of halogens is 3. The van der Waals surface area contributed by atoms with Crippen molar-refractivity contribution in [2.75, 3.05) is 42.9 Å². The highest BCUT2D eigenvalue weighted by Crippen LogP contribution is 2.32. The summed E-state index contributed by atoms with van der Waals surface area (Å²) in [6.07, 6.45) is -3.40. The van der Waals surface area contributed by atoms with Gasteiger partial charge in [-0.15, -0.1) is 0 Å². The number of anilines is 2. The SMILES string of the molecule is O=CC(CN1CCN(c2ccc(NC(=O)c3ccccc3-c3ccc(C(F)(F)F)cc3)cc2)CC1)c1ccccc1. The molecule has 4 aromatic rings. The van der Waals surface area contributed by atoms with Crippen LogP contribution in [-0.2, 0) is 11.0 Å². The molecule has 41 heavy (non-hydrogen) atoms. The Kier molecular flexibility index (Phi) is 8.50. The van der Waals surface area contributed by atoms with Gasteiger partial charge in [0, 0.05) is 49.7 Å². The molecule has 0 spiro atoms. The zero-order valence-electron chi connectivity index (χ0n) is 22.4. The number of benzene rings is 4. The van der Waals surface area contributed by atoms with Crippen molar-refractivity contribution >= 4 is 23.6 Å². The molecule has 1 heterocycles. The maximum Gasteiger partial charge on any atom is 0.416 e. The van der Waals surface area contributed by atoms with Crippen LogP contribution in [0.4, 0.5) is 24.5 Å². The zero-order valence-corrected chi connectivity index (χ0v) is 22.4. The lowest BCUT2D eigenvalue weighted by Crippen LogP contribution is -2.47. The van der Waals surface area contributed by atoms with Crippen LogP contribution in [0.3, 0.4) is 0 Å². The maximum atomic E-state index is 13.1. The number of carbonyl (C=O) groups is 2. The summed E-state index contributed by atoms with van der Waals surface area (Å²) < 4.78 is 38.9. The number of piperazine rings is 1. The van der Waals surface area contributed by atoms with Gasteiger partial charge in [0.2, 0.25) is 0 Å². The first-order chi connectivity index (χ1) is 19.8. The fourth-order valence-corrected chi connectivity index (χ4v) is 5.12. The summed E-state index contributed by atoms with van der Waals surface area (Å²) in [6.45, 7) is 4.03. The number of hydrogen-bond donors (Lipinski definition) is 1. The van der Waals surface area contributed by atoms with Gasteiger partial charge >= 0.3 is 6.18 Å². The highest BCUT2D eigenvalue weighted by molar-refractivity contribution is 6.08. The molecule has 0 radical (unpaired) electrons. The fourth-order valence-electron chi connectivity index (χ4n) is 5.12. The maximum absolute atomic E-state index is 13.1. The van der Waals surface area contributed by atoms with Gasteiger partial charge < -0.3 is 15.0 Å². The van der Waals surface area contributed by atoms with E-state index in [0.29, 0.717) is 28.9 Å². The second kappa shape index (κ2) is 12.4. The Labute approximate surface area is 237 Å². The van der Waals surface area contributed by atoms with E-state index in [-0.39, 0.29) is 11.8 Å². The molecule has 1 fully saturated rings. The van der Waals surface area contributed by atoms with Crippen molar-refractivity contribution in [3.05, 3.63) is 120 Å². The predicted octanol–water partition coefficient (Wildman–Crippen LogP) is 6.73. The van der Waals surface area contributed by atoms with E-state index < -0.39 is 11.7 Å². The molecule has 5 nitrogen and oxygen atoms in total. The van der Waals surface area contributed by atoms with Gasteiger partial charge in [-0.3, -0.25) is 9.69 Å². The standard InChI is InChI=1S/C33H30F3N3O2/c34-33(35,36)27-12-10-25(11-13-27)30-8-4-5-9-31(30)32(41)37-28-14-16-29(17-15-28)39-20-18-38(19-21-39)22-26(23-40)24-6-2-1-3-7-24/h1-17,23,26H,18-22H2,(H,37,41). The van der Waals surface area contributed by atoms with Gasteiger partial charge in [-0.25, -0.2) is 0 Å². The van der Waals surface area contributed by atoms with E-state index in [0.717, 1.165) is 55.8 Å². The second-order valence-electron chi connectivity index (χ2n) is 10.1. The Morgan fingerprint density at radius 2 is 1.44 bits per heavy atom. The third kappa shape index (κ3) is 6.84. The van der Waals surface area contributed by atoms with Crippen molar-refractivity contribution in [2.24, 2.45) is 0 Å². The summed E-state index contributed by atoms with van der Waals surface area (Å²) >= 11 is 0. The van der Waals surface area contributed by atoms with E-state index >= 15 is 0 Å². The molecule has 4 aromatic carbocycles. The third-order valence-corrected chi connectivity index (χ3v) is 7.40. The minimum Gasteiger partial charge on any atom is -0.369 e. The Morgan fingerprint density at radius 3 is 2.07 bits per heavy atom. The van der Waals surface area contributed by atoms with Crippen molar-refractivity contribution in [1.82, 2.24) is 4.90 Å². The van der Waals surface area contributed by atoms with Crippen LogP contribution < -0.4 is 10.2 Å². The minimum absolute atomic E-state index is 0.143. The number of nitrogens with one attached hydrogen (secondary N) is 1. The van der Waals surface area contributed by atoms with E-state index in [1.165, 1.54) is 12.1 Å². The Bertz CT molecular complexity index is 1460. The zero-order chi connectivity index (χ0) is 28.8. The van der Waals surface area contributed by atoms with Gasteiger partial charge in [0.1, 0.15) is 6.29 Å². The van der Waals surface area contributed by atoms with E-state index in [1.54, 1.807) is 24.3 Å². The number of nitrogens with zero attached hydrogens (tertiary/aromatic N) is 2. The highest BCUT2D eigenvalue weighted by Gasteiger charge is 2.30. The average molecular weight is 558 g/mol. The van der Waals surface area contributed by atoms with Crippen LogP contribution in [0.2, 0.25) is 0 Å². The summed E-state index contributed by atoms with van der Waals surface area (Å²) in [5.74, 6) is -0.486. The molecule has 1 aliphatic heterocycles. The Balaban J connectivity index is 1.19. The fraction of sp³-hybridized carbons (Fsp3) is 0.212. The number of amides is 1. The molecular formula is C33H30F3N3O2. The molecule has 1 saturated heterocycles. The quantitative estimate of drug-likeness (QED) is 0.244. The van der Waals surface area contributed by atoms with Crippen molar-refractivity contribution in [3.8, 4) is 11.1 Å². The van der Waals surface area contributed by atoms with Gasteiger partial charge in [-0.05, 0) is 59.2 Å². The van der Waals surface area contributed by atoms with Crippen molar-refractivity contribution in [1.29, 1.82) is 0 Å². The van der Waals surface area contributed by atoms with Crippen LogP contribution in [0.25, 0.3) is 11.1 Å². The summed E-state index contributed by atoms with van der Waals surface area (Å²) in [5, 5.41) is 2.91. The van der Waals surface area contributed by atoms with Crippen LogP contribution in [0, 0.1) is 0 Å². The molecule has 1 amide bonds. The Morgan fingerprint density at radius 1 is 0.805 bits per heavy atom. The van der Waals surface area contributed by atoms with Crippen LogP contribution in [0.15, 0.2) is 103 Å². The second-order valence-corrected chi connectivity index (χ2v) is 10.1. The summed E-state index contributed by atoms with van der Waals surface area (Å²) in [4.78, 5) is 29.4. The first-order valence-electron chi connectivity index (χ1n) is 13.5. The Hall–Kier alpha value is -4.43. The molecule has 1 aliphatic rings. The lowest BCUT2D eigenvalue weighted by atomic mass is 9.98. The van der Waals surface area contributed by atoms with Crippen LogP contribution in [0.5, 0.6) is 0 Å². The predicted molar refractivity (Wildman–Crippen MR) is 155 cm³/mol. The largest absolute Gasteiger partial charge is 0.416 e. The number of hydrogen-bond acceptors (Lipinski definition) is 4. The molecule has 1 unspecified atom stereocenters. The average Bonchev–Trinajstić information content (AvgIpc) is 3.00. The lowest BCUT2D eigenvalue weighted by Gasteiger charge is -2.37. The van der Waals surface area contributed by atoms with Gasteiger partial charge in [0.15, 0.2) is 0 Å². The first-order valence-corrected chi connectivity index (χ1v) is 13.5. The third-order valence-electron chi connectivity index (χ3n) is 7.40. The number of aldehydes is 1. The monoisotopic (exact) mass is 557 g/mol. The number of carbonyl (C=O) groups excluding carboxylic acids is 2. The molecule has 0 aliphatic carbocycles. The topological polar surface area (TPSA) is 52.7 Å². The smallest absolute Gasteiger partial charge is 0.369 e.